The Balaban J connectivity index is 1.69. The summed E-state index contributed by atoms with van der Waals surface area (Å²) in [6.45, 7) is 0. The van der Waals surface area contributed by atoms with Crippen LogP contribution in [0.2, 0.25) is 0 Å². The Hall–Kier alpha value is -3.68. The molecule has 1 heterocycles. The van der Waals surface area contributed by atoms with Gasteiger partial charge >= 0.3 is 0 Å². The average Bonchev–Trinajstić information content (AvgIpc) is 2.78. The van der Waals surface area contributed by atoms with E-state index in [0.717, 1.165) is 0 Å². The van der Waals surface area contributed by atoms with Crippen LogP contribution in [0.4, 0.5) is 11.4 Å². The molecule has 0 aromatic heterocycles. The van der Waals surface area contributed by atoms with Crippen molar-refractivity contribution in [2.75, 3.05) is 17.7 Å². The highest BCUT2D eigenvalue weighted by Gasteiger charge is 2.29. The van der Waals surface area contributed by atoms with E-state index in [-0.39, 0.29) is 12.3 Å². The van der Waals surface area contributed by atoms with E-state index in [1.54, 1.807) is 42.5 Å². The summed E-state index contributed by atoms with van der Waals surface area (Å²) in [6, 6.07) is 12.0. The number of rotatable bonds is 4. The van der Waals surface area contributed by atoms with E-state index < -0.39 is 23.8 Å². The Labute approximate surface area is 155 Å². The van der Waals surface area contributed by atoms with Gasteiger partial charge in [-0.1, -0.05) is 18.2 Å². The minimum absolute atomic E-state index is 0.240. The molecule has 4 amide bonds. The summed E-state index contributed by atoms with van der Waals surface area (Å²) in [5, 5.41) is 10.3. The highest BCUT2D eigenvalue weighted by molar-refractivity contribution is 6.11. The van der Waals surface area contributed by atoms with E-state index in [1.165, 1.54) is 13.1 Å². The summed E-state index contributed by atoms with van der Waals surface area (Å²) in [4.78, 5) is 48.6. The lowest BCUT2D eigenvalue weighted by Gasteiger charge is -2.14. The minimum atomic E-state index is -1.01. The minimum Gasteiger partial charge on any atom is -0.355 e. The van der Waals surface area contributed by atoms with Crippen LogP contribution in [0.15, 0.2) is 48.5 Å². The van der Waals surface area contributed by atoms with Gasteiger partial charge < -0.3 is 21.3 Å². The average molecular weight is 366 g/mol. The van der Waals surface area contributed by atoms with Crippen LogP contribution in [0.3, 0.4) is 0 Å². The second-order valence-corrected chi connectivity index (χ2v) is 5.97. The molecule has 0 bridgehead atoms. The van der Waals surface area contributed by atoms with E-state index in [0.29, 0.717) is 22.5 Å². The van der Waals surface area contributed by atoms with Crippen molar-refractivity contribution in [3.63, 3.8) is 0 Å². The van der Waals surface area contributed by atoms with Crippen LogP contribution in [0.5, 0.6) is 0 Å². The van der Waals surface area contributed by atoms with Crippen LogP contribution in [0.1, 0.15) is 27.1 Å². The Bertz CT molecular complexity index is 925. The van der Waals surface area contributed by atoms with Gasteiger partial charge in [0.15, 0.2) is 0 Å². The predicted octanol–water partition coefficient (Wildman–Crippen LogP) is 1.13. The van der Waals surface area contributed by atoms with Crippen molar-refractivity contribution in [1.29, 1.82) is 0 Å². The molecule has 138 valence electrons. The number of para-hydroxylation sites is 1. The van der Waals surface area contributed by atoms with Crippen molar-refractivity contribution in [3.05, 3.63) is 59.7 Å². The van der Waals surface area contributed by atoms with Crippen LogP contribution < -0.4 is 21.3 Å². The molecule has 2 aromatic carbocycles. The summed E-state index contributed by atoms with van der Waals surface area (Å²) in [7, 11) is 1.51. The zero-order valence-corrected chi connectivity index (χ0v) is 14.5. The third-order valence-corrected chi connectivity index (χ3v) is 4.08. The SMILES string of the molecule is CNC(=O)c1cccc(NC(=O)C[C@H]2NC(=O)c3ccccc3NC2=O)c1. The molecule has 1 aliphatic rings. The van der Waals surface area contributed by atoms with Gasteiger partial charge in [-0.3, -0.25) is 19.2 Å². The van der Waals surface area contributed by atoms with E-state index in [2.05, 4.69) is 21.3 Å². The van der Waals surface area contributed by atoms with Crippen LogP contribution in [-0.4, -0.2) is 36.7 Å². The van der Waals surface area contributed by atoms with E-state index in [4.69, 9.17) is 0 Å². The highest BCUT2D eigenvalue weighted by Crippen LogP contribution is 2.19. The maximum atomic E-state index is 12.3. The summed E-state index contributed by atoms with van der Waals surface area (Å²) in [5.74, 6) is -1.64. The zero-order chi connectivity index (χ0) is 19.4. The highest BCUT2D eigenvalue weighted by atomic mass is 16.2. The number of anilines is 2. The first kappa shape index (κ1) is 18.1. The molecule has 1 aliphatic heterocycles. The predicted molar refractivity (Wildman–Crippen MR) is 99.4 cm³/mol. The van der Waals surface area contributed by atoms with Crippen molar-refractivity contribution < 1.29 is 19.2 Å². The first-order valence-electron chi connectivity index (χ1n) is 8.30. The molecule has 1 atom stereocenters. The number of hydrogen-bond donors (Lipinski definition) is 4. The van der Waals surface area contributed by atoms with E-state index in [1.807, 2.05) is 0 Å². The standard InChI is InChI=1S/C19H18N4O4/c1-20-17(25)11-5-4-6-12(9-11)21-16(24)10-15-19(27)22-14-8-3-2-7-13(14)18(26)23-15/h2-9,15H,10H2,1H3,(H,20,25)(H,21,24)(H,22,27)(H,23,26)/t15-/m1/s1. The topological polar surface area (TPSA) is 116 Å². The van der Waals surface area contributed by atoms with Gasteiger partial charge in [0.05, 0.1) is 17.7 Å². The third-order valence-electron chi connectivity index (χ3n) is 4.08. The van der Waals surface area contributed by atoms with Crippen molar-refractivity contribution >= 4 is 35.0 Å². The van der Waals surface area contributed by atoms with E-state index in [9.17, 15) is 19.2 Å². The van der Waals surface area contributed by atoms with Crippen LogP contribution in [0, 0.1) is 0 Å². The molecule has 2 aromatic rings. The number of amides is 4. The van der Waals surface area contributed by atoms with Crippen LogP contribution in [0.25, 0.3) is 0 Å². The van der Waals surface area contributed by atoms with Crippen molar-refractivity contribution in [2.24, 2.45) is 0 Å². The van der Waals surface area contributed by atoms with Gasteiger partial charge in [0.1, 0.15) is 6.04 Å². The summed E-state index contributed by atoms with van der Waals surface area (Å²) < 4.78 is 0. The quantitative estimate of drug-likeness (QED) is 0.649. The fraction of sp³-hybridized carbons (Fsp3) is 0.158. The summed E-state index contributed by atoms with van der Waals surface area (Å²) in [6.07, 6.45) is -0.240. The van der Waals surface area contributed by atoms with E-state index >= 15 is 0 Å². The van der Waals surface area contributed by atoms with Gasteiger partial charge in [-0.15, -0.1) is 0 Å². The lowest BCUT2D eigenvalue weighted by Crippen LogP contribution is -2.43. The first-order chi connectivity index (χ1) is 13.0. The molecule has 3 rings (SSSR count). The Kier molecular flexibility index (Phi) is 5.16. The number of benzene rings is 2. The summed E-state index contributed by atoms with van der Waals surface area (Å²) in [5.41, 5.74) is 1.56. The molecule has 0 fully saturated rings. The molecule has 0 aliphatic carbocycles. The number of hydrogen-bond acceptors (Lipinski definition) is 4. The second kappa shape index (κ2) is 7.69. The summed E-state index contributed by atoms with van der Waals surface area (Å²) >= 11 is 0. The molecule has 27 heavy (non-hydrogen) atoms. The largest absolute Gasteiger partial charge is 0.355 e. The fourth-order valence-corrected chi connectivity index (χ4v) is 2.74. The van der Waals surface area contributed by atoms with Gasteiger partial charge in [-0.05, 0) is 30.3 Å². The maximum Gasteiger partial charge on any atom is 0.254 e. The Morgan fingerprint density at radius 1 is 1.07 bits per heavy atom. The normalized spacial score (nSPS) is 15.7. The molecule has 0 spiro atoms. The molecular formula is C19H18N4O4. The molecule has 8 nitrogen and oxygen atoms in total. The van der Waals surface area contributed by atoms with Gasteiger partial charge in [0.25, 0.3) is 11.8 Å². The van der Waals surface area contributed by atoms with Crippen molar-refractivity contribution in [1.82, 2.24) is 10.6 Å². The van der Waals surface area contributed by atoms with Gasteiger partial charge in [-0.2, -0.15) is 0 Å². The molecule has 0 saturated carbocycles. The lowest BCUT2D eigenvalue weighted by molar-refractivity contribution is -0.122. The molecule has 4 N–H and O–H groups in total. The molecule has 8 heteroatoms. The Morgan fingerprint density at radius 3 is 2.63 bits per heavy atom. The lowest BCUT2D eigenvalue weighted by atomic mass is 10.1. The smallest absolute Gasteiger partial charge is 0.254 e. The molecule has 0 unspecified atom stereocenters. The maximum absolute atomic E-state index is 12.3. The third kappa shape index (κ3) is 4.12. The number of carbonyl (C=O) groups excluding carboxylic acids is 4. The molecular weight excluding hydrogens is 348 g/mol. The van der Waals surface area contributed by atoms with Gasteiger partial charge in [0, 0.05) is 18.3 Å². The van der Waals surface area contributed by atoms with Crippen LogP contribution in [-0.2, 0) is 9.59 Å². The van der Waals surface area contributed by atoms with Gasteiger partial charge in [0.2, 0.25) is 11.8 Å². The fourth-order valence-electron chi connectivity index (χ4n) is 2.74. The van der Waals surface area contributed by atoms with Crippen LogP contribution >= 0.6 is 0 Å². The van der Waals surface area contributed by atoms with Crippen molar-refractivity contribution in [2.45, 2.75) is 12.5 Å². The number of carbonyl (C=O) groups is 4. The van der Waals surface area contributed by atoms with Gasteiger partial charge in [-0.25, -0.2) is 0 Å². The molecule has 0 radical (unpaired) electrons. The first-order valence-corrected chi connectivity index (χ1v) is 8.30. The second-order valence-electron chi connectivity index (χ2n) is 5.97. The number of nitrogens with one attached hydrogen (secondary N) is 4. The Morgan fingerprint density at radius 2 is 1.85 bits per heavy atom. The molecule has 0 saturated heterocycles. The number of fused-ring (bicyclic) bond motifs is 1. The zero-order valence-electron chi connectivity index (χ0n) is 14.5. The monoisotopic (exact) mass is 366 g/mol. The van der Waals surface area contributed by atoms with Crippen molar-refractivity contribution in [3.8, 4) is 0 Å².